The van der Waals surface area contributed by atoms with E-state index in [1.807, 2.05) is 0 Å². The number of nitro groups is 1. The average Bonchev–Trinajstić information content (AvgIpc) is 2.64. The molecule has 26 heavy (non-hydrogen) atoms. The van der Waals surface area contributed by atoms with E-state index in [2.05, 4.69) is 0 Å². The normalized spacial score (nSPS) is 16.9. The number of hydrogen-bond acceptors (Lipinski definition) is 7. The second kappa shape index (κ2) is 9.93. The third kappa shape index (κ3) is 5.85. The molecule has 1 heterocycles. The lowest BCUT2D eigenvalue weighted by Gasteiger charge is -2.22. The molecule has 0 aliphatic carbocycles. The minimum Gasteiger partial charge on any atom is -0.493 e. The summed E-state index contributed by atoms with van der Waals surface area (Å²) in [5.41, 5.74) is 0.216. The molecule has 1 aromatic rings. The molecular formula is C17H23NO8. The van der Waals surface area contributed by atoms with Crippen molar-refractivity contribution in [2.75, 3.05) is 20.3 Å². The molecule has 1 atom stereocenters. The van der Waals surface area contributed by atoms with Crippen LogP contribution in [0.15, 0.2) is 12.1 Å². The SMILES string of the molecule is COc1cc(COC2CCCCO2)c([N+](=O)[O-])cc1OCCCC(=O)O. The molecule has 144 valence electrons. The van der Waals surface area contributed by atoms with Gasteiger partial charge in [-0.25, -0.2) is 0 Å². The zero-order chi connectivity index (χ0) is 18.9. The van der Waals surface area contributed by atoms with Gasteiger partial charge in [-0.2, -0.15) is 0 Å². The summed E-state index contributed by atoms with van der Waals surface area (Å²) in [6.07, 6.45) is 2.63. The molecule has 1 N–H and O–H groups in total. The van der Waals surface area contributed by atoms with E-state index >= 15 is 0 Å². The summed E-state index contributed by atoms with van der Waals surface area (Å²) < 4.78 is 21.8. The average molecular weight is 369 g/mol. The maximum absolute atomic E-state index is 11.4. The van der Waals surface area contributed by atoms with E-state index < -0.39 is 10.9 Å². The van der Waals surface area contributed by atoms with Gasteiger partial charge in [0.1, 0.15) is 0 Å². The molecule has 9 nitrogen and oxygen atoms in total. The smallest absolute Gasteiger partial charge is 0.303 e. The summed E-state index contributed by atoms with van der Waals surface area (Å²) in [5.74, 6) is -0.402. The lowest BCUT2D eigenvalue weighted by molar-refractivity contribution is -0.386. The quantitative estimate of drug-likeness (QED) is 0.380. The van der Waals surface area contributed by atoms with Gasteiger partial charge in [0.15, 0.2) is 17.8 Å². The van der Waals surface area contributed by atoms with Crippen LogP contribution in [0, 0.1) is 10.1 Å². The van der Waals surface area contributed by atoms with Crippen molar-refractivity contribution in [2.24, 2.45) is 0 Å². The molecule has 1 unspecified atom stereocenters. The van der Waals surface area contributed by atoms with E-state index in [1.54, 1.807) is 0 Å². The summed E-state index contributed by atoms with van der Waals surface area (Å²) in [5, 5.41) is 20.0. The Kier molecular flexibility index (Phi) is 7.61. The topological polar surface area (TPSA) is 117 Å². The van der Waals surface area contributed by atoms with Crippen molar-refractivity contribution in [1.29, 1.82) is 0 Å². The minimum atomic E-state index is -0.927. The van der Waals surface area contributed by atoms with E-state index in [-0.39, 0.29) is 43.8 Å². The number of nitro benzene ring substituents is 1. The fourth-order valence-electron chi connectivity index (χ4n) is 2.58. The van der Waals surface area contributed by atoms with Crippen molar-refractivity contribution >= 4 is 11.7 Å². The first-order chi connectivity index (χ1) is 12.5. The van der Waals surface area contributed by atoms with Crippen LogP contribution in [0.2, 0.25) is 0 Å². The molecule has 1 aliphatic rings. The van der Waals surface area contributed by atoms with Gasteiger partial charge in [0.2, 0.25) is 0 Å². The molecule has 1 aliphatic heterocycles. The van der Waals surface area contributed by atoms with Crippen LogP contribution in [0.3, 0.4) is 0 Å². The van der Waals surface area contributed by atoms with Gasteiger partial charge in [-0.15, -0.1) is 0 Å². The monoisotopic (exact) mass is 369 g/mol. The number of rotatable bonds is 10. The highest BCUT2D eigenvalue weighted by Gasteiger charge is 2.22. The third-order valence-electron chi connectivity index (χ3n) is 3.92. The Labute approximate surface area is 151 Å². The van der Waals surface area contributed by atoms with Gasteiger partial charge in [0, 0.05) is 13.0 Å². The van der Waals surface area contributed by atoms with Crippen LogP contribution in [0.4, 0.5) is 5.69 Å². The molecular weight excluding hydrogens is 346 g/mol. The van der Waals surface area contributed by atoms with Gasteiger partial charge in [-0.1, -0.05) is 0 Å². The van der Waals surface area contributed by atoms with E-state index in [0.717, 1.165) is 19.3 Å². The third-order valence-corrected chi connectivity index (χ3v) is 3.92. The highest BCUT2D eigenvalue weighted by atomic mass is 16.7. The maximum atomic E-state index is 11.4. The van der Waals surface area contributed by atoms with Crippen LogP contribution in [0.25, 0.3) is 0 Å². The van der Waals surface area contributed by atoms with Gasteiger partial charge in [0.05, 0.1) is 36.9 Å². The Bertz CT molecular complexity index is 627. The van der Waals surface area contributed by atoms with Crippen molar-refractivity contribution in [3.05, 3.63) is 27.8 Å². The summed E-state index contributed by atoms with van der Waals surface area (Å²) >= 11 is 0. The Morgan fingerprint density at radius 3 is 2.81 bits per heavy atom. The maximum Gasteiger partial charge on any atom is 0.303 e. The number of benzene rings is 1. The highest BCUT2D eigenvalue weighted by molar-refractivity contribution is 5.66. The Hall–Kier alpha value is -2.39. The fourth-order valence-corrected chi connectivity index (χ4v) is 2.58. The van der Waals surface area contributed by atoms with Crippen molar-refractivity contribution in [3.63, 3.8) is 0 Å². The Balaban J connectivity index is 2.08. The molecule has 0 spiro atoms. The number of carbonyl (C=O) groups is 1. The number of carboxylic acids is 1. The standard InChI is InChI=1S/C17H23NO8/c1-23-14-9-12(11-26-17-6-2-3-7-25-17)13(18(21)22)10-15(14)24-8-4-5-16(19)20/h9-10,17H,2-8,11H2,1H3,(H,19,20). The second-order valence-electron chi connectivity index (χ2n) is 5.84. The number of ether oxygens (including phenoxy) is 4. The van der Waals surface area contributed by atoms with Gasteiger partial charge >= 0.3 is 5.97 Å². The van der Waals surface area contributed by atoms with Crippen LogP contribution in [-0.4, -0.2) is 42.6 Å². The van der Waals surface area contributed by atoms with Crippen LogP contribution < -0.4 is 9.47 Å². The summed E-state index contributed by atoms with van der Waals surface area (Å²) in [6, 6.07) is 2.79. The van der Waals surface area contributed by atoms with E-state index in [1.165, 1.54) is 19.2 Å². The van der Waals surface area contributed by atoms with Crippen LogP contribution >= 0.6 is 0 Å². The summed E-state index contributed by atoms with van der Waals surface area (Å²) in [4.78, 5) is 21.4. The molecule has 0 bridgehead atoms. The number of aliphatic carboxylic acids is 1. The van der Waals surface area contributed by atoms with E-state index in [9.17, 15) is 14.9 Å². The lowest BCUT2D eigenvalue weighted by Crippen LogP contribution is -2.22. The molecule has 2 rings (SSSR count). The molecule has 1 saturated heterocycles. The molecule has 1 fully saturated rings. The largest absolute Gasteiger partial charge is 0.493 e. The summed E-state index contributed by atoms with van der Waals surface area (Å²) in [7, 11) is 1.43. The molecule has 0 radical (unpaired) electrons. The van der Waals surface area contributed by atoms with Crippen LogP contribution in [0.5, 0.6) is 11.5 Å². The molecule has 0 saturated carbocycles. The van der Waals surface area contributed by atoms with Crippen molar-refractivity contribution in [1.82, 2.24) is 0 Å². The fraction of sp³-hybridized carbons (Fsp3) is 0.588. The van der Waals surface area contributed by atoms with Gasteiger partial charge < -0.3 is 24.1 Å². The predicted octanol–water partition coefficient (Wildman–Crippen LogP) is 2.89. The Morgan fingerprint density at radius 2 is 2.19 bits per heavy atom. The number of hydrogen-bond donors (Lipinski definition) is 1. The molecule has 9 heteroatoms. The first-order valence-corrected chi connectivity index (χ1v) is 8.44. The zero-order valence-corrected chi connectivity index (χ0v) is 14.6. The minimum absolute atomic E-state index is 0.0244. The van der Waals surface area contributed by atoms with Crippen molar-refractivity contribution in [2.45, 2.75) is 45.0 Å². The second-order valence-corrected chi connectivity index (χ2v) is 5.84. The van der Waals surface area contributed by atoms with Crippen molar-refractivity contribution in [3.8, 4) is 11.5 Å². The van der Waals surface area contributed by atoms with Crippen molar-refractivity contribution < 1.29 is 33.8 Å². The first kappa shape index (κ1) is 19.9. The van der Waals surface area contributed by atoms with Gasteiger partial charge in [-0.3, -0.25) is 14.9 Å². The Morgan fingerprint density at radius 1 is 1.38 bits per heavy atom. The molecule has 0 amide bonds. The zero-order valence-electron chi connectivity index (χ0n) is 14.6. The van der Waals surface area contributed by atoms with Crippen LogP contribution in [0.1, 0.15) is 37.7 Å². The molecule has 1 aromatic carbocycles. The van der Waals surface area contributed by atoms with Gasteiger partial charge in [0.25, 0.3) is 5.69 Å². The number of carboxylic acid groups (broad SMARTS) is 1. The molecule has 0 aromatic heterocycles. The summed E-state index contributed by atoms with van der Waals surface area (Å²) in [6.45, 7) is 0.765. The van der Waals surface area contributed by atoms with E-state index in [0.29, 0.717) is 17.9 Å². The van der Waals surface area contributed by atoms with Crippen LogP contribution in [-0.2, 0) is 20.9 Å². The number of nitrogens with zero attached hydrogens (tertiary/aromatic N) is 1. The van der Waals surface area contributed by atoms with Gasteiger partial charge in [-0.05, 0) is 31.7 Å². The lowest BCUT2D eigenvalue weighted by atomic mass is 10.1. The predicted molar refractivity (Wildman–Crippen MR) is 90.4 cm³/mol. The number of methoxy groups -OCH3 is 1. The highest BCUT2D eigenvalue weighted by Crippen LogP contribution is 2.35. The first-order valence-electron chi connectivity index (χ1n) is 8.44. The van der Waals surface area contributed by atoms with E-state index in [4.69, 9.17) is 24.1 Å².